The second kappa shape index (κ2) is 8.64. The molecule has 2 saturated heterocycles. The van der Waals surface area contributed by atoms with E-state index < -0.39 is 0 Å². The molecule has 1 unspecified atom stereocenters. The molecule has 3 atom stereocenters. The summed E-state index contributed by atoms with van der Waals surface area (Å²) < 4.78 is 0.865. The summed E-state index contributed by atoms with van der Waals surface area (Å²) >= 11 is 0. The van der Waals surface area contributed by atoms with Crippen molar-refractivity contribution in [1.29, 1.82) is 0 Å². The van der Waals surface area contributed by atoms with Crippen LogP contribution in [-0.2, 0) is 16.0 Å². The molecule has 28 heavy (non-hydrogen) atoms. The smallest absolute Gasteiger partial charge is 0.278 e. The maximum absolute atomic E-state index is 13.2. The van der Waals surface area contributed by atoms with Gasteiger partial charge in [-0.3, -0.25) is 9.59 Å². The lowest BCUT2D eigenvalue weighted by atomic mass is 9.94. The molecule has 0 bridgehead atoms. The number of benzene rings is 1. The van der Waals surface area contributed by atoms with E-state index in [1.54, 1.807) is 6.92 Å². The van der Waals surface area contributed by atoms with Crippen LogP contribution in [0.5, 0.6) is 0 Å². The number of nitrogens with zero attached hydrogens (tertiary/aromatic N) is 3. The molecule has 1 spiro atoms. The third kappa shape index (κ3) is 4.57. The van der Waals surface area contributed by atoms with Crippen LogP contribution in [0.25, 0.3) is 0 Å². The Bertz CT molecular complexity index is 690. The average molecular weight is 387 g/mol. The van der Waals surface area contributed by atoms with E-state index >= 15 is 0 Å². The molecule has 0 aromatic heterocycles. The van der Waals surface area contributed by atoms with E-state index in [1.165, 1.54) is 5.56 Å². The highest BCUT2D eigenvalue weighted by atomic mass is 16.2. The van der Waals surface area contributed by atoms with Gasteiger partial charge >= 0.3 is 0 Å². The van der Waals surface area contributed by atoms with Gasteiger partial charge in [0.25, 0.3) is 5.91 Å². The van der Waals surface area contributed by atoms with Crippen LogP contribution in [0.4, 0.5) is 0 Å². The van der Waals surface area contributed by atoms with E-state index in [4.69, 9.17) is 0 Å². The first kappa shape index (κ1) is 20.8. The molecule has 2 aliphatic heterocycles. The fourth-order valence-electron chi connectivity index (χ4n) is 5.13. The SMILES string of the molecule is CC(=O)N1CC[N+]2(CC(=O)N(CCc3ccccc3)[C@@H](C)C2)[C@@H](CC(C)C)C1. The predicted octanol–water partition coefficient (Wildman–Crippen LogP) is 2.55. The van der Waals surface area contributed by atoms with Gasteiger partial charge in [0.15, 0.2) is 6.54 Å². The number of carbonyl (C=O) groups excluding carboxylic acids is 2. The Kier molecular flexibility index (Phi) is 6.43. The molecule has 2 aliphatic rings. The van der Waals surface area contributed by atoms with Crippen LogP contribution in [0.1, 0.15) is 39.7 Å². The van der Waals surface area contributed by atoms with Crippen LogP contribution in [0, 0.1) is 5.92 Å². The lowest BCUT2D eigenvalue weighted by Crippen LogP contribution is -2.74. The standard InChI is InChI=1S/C23H36N3O2/c1-18(2)14-22-15-24(20(4)27)12-13-26(22)16-19(3)25(23(28)17-26)11-10-21-8-6-5-7-9-21/h5-9,18-19,22H,10-17H2,1-4H3/q+1/t19-,22-,26?/m0/s1. The quantitative estimate of drug-likeness (QED) is 0.730. The minimum Gasteiger partial charge on any atom is -0.331 e. The molecule has 0 N–H and O–H groups in total. The van der Waals surface area contributed by atoms with E-state index in [2.05, 4.69) is 49.9 Å². The third-order valence-corrected chi connectivity index (χ3v) is 6.62. The van der Waals surface area contributed by atoms with Crippen molar-refractivity contribution in [3.8, 4) is 0 Å². The molecule has 154 valence electrons. The molecular formula is C23H36N3O2+. The number of amides is 2. The molecule has 0 radical (unpaired) electrons. The van der Waals surface area contributed by atoms with Gasteiger partial charge in [-0.25, -0.2) is 0 Å². The Morgan fingerprint density at radius 2 is 1.96 bits per heavy atom. The number of quaternary nitrogens is 1. The Labute approximate surface area is 169 Å². The van der Waals surface area contributed by atoms with Gasteiger partial charge in [0.05, 0.1) is 32.2 Å². The Morgan fingerprint density at radius 1 is 1.25 bits per heavy atom. The maximum Gasteiger partial charge on any atom is 0.278 e. The van der Waals surface area contributed by atoms with Crippen molar-refractivity contribution in [1.82, 2.24) is 9.80 Å². The van der Waals surface area contributed by atoms with Gasteiger partial charge < -0.3 is 14.3 Å². The van der Waals surface area contributed by atoms with Crippen molar-refractivity contribution in [3.63, 3.8) is 0 Å². The monoisotopic (exact) mass is 386 g/mol. The maximum atomic E-state index is 13.2. The highest BCUT2D eigenvalue weighted by molar-refractivity contribution is 5.78. The lowest BCUT2D eigenvalue weighted by molar-refractivity contribution is -0.953. The Balaban J connectivity index is 1.71. The third-order valence-electron chi connectivity index (χ3n) is 6.62. The number of rotatable bonds is 5. The summed E-state index contributed by atoms with van der Waals surface area (Å²) in [6.07, 6.45) is 1.97. The molecule has 3 rings (SSSR count). The second-order valence-electron chi connectivity index (χ2n) is 9.20. The van der Waals surface area contributed by atoms with E-state index in [0.717, 1.165) is 50.0 Å². The summed E-state index contributed by atoms with van der Waals surface area (Å²) in [7, 11) is 0. The predicted molar refractivity (Wildman–Crippen MR) is 112 cm³/mol. The average Bonchev–Trinajstić information content (AvgIpc) is 2.63. The first-order valence-electron chi connectivity index (χ1n) is 10.8. The van der Waals surface area contributed by atoms with E-state index in [9.17, 15) is 9.59 Å². The van der Waals surface area contributed by atoms with E-state index in [1.807, 2.05) is 11.0 Å². The number of carbonyl (C=O) groups is 2. The lowest BCUT2D eigenvalue weighted by Gasteiger charge is -2.55. The van der Waals surface area contributed by atoms with Gasteiger partial charge in [0.1, 0.15) is 6.04 Å². The van der Waals surface area contributed by atoms with E-state index in [-0.39, 0.29) is 17.9 Å². The Morgan fingerprint density at radius 3 is 2.57 bits per heavy atom. The molecular weight excluding hydrogens is 350 g/mol. The van der Waals surface area contributed by atoms with Crippen molar-refractivity contribution < 1.29 is 14.1 Å². The first-order chi connectivity index (χ1) is 13.3. The molecule has 5 heteroatoms. The molecule has 2 fully saturated rings. The largest absolute Gasteiger partial charge is 0.331 e. The fourth-order valence-corrected chi connectivity index (χ4v) is 5.13. The zero-order chi connectivity index (χ0) is 20.3. The van der Waals surface area contributed by atoms with Gasteiger partial charge in [-0.15, -0.1) is 0 Å². The summed E-state index contributed by atoms with van der Waals surface area (Å²) in [5.41, 5.74) is 1.28. The van der Waals surface area contributed by atoms with Gasteiger partial charge in [-0.2, -0.15) is 0 Å². The van der Waals surface area contributed by atoms with Gasteiger partial charge in [-0.1, -0.05) is 44.2 Å². The van der Waals surface area contributed by atoms with Crippen molar-refractivity contribution in [3.05, 3.63) is 35.9 Å². The summed E-state index contributed by atoms with van der Waals surface area (Å²) in [6, 6.07) is 11.0. The van der Waals surface area contributed by atoms with Crippen molar-refractivity contribution in [2.75, 3.05) is 39.3 Å². The zero-order valence-electron chi connectivity index (χ0n) is 17.9. The molecule has 2 amide bonds. The van der Waals surface area contributed by atoms with Crippen LogP contribution in [0.3, 0.4) is 0 Å². The number of hydrogen-bond donors (Lipinski definition) is 0. The zero-order valence-corrected chi connectivity index (χ0v) is 17.9. The summed E-state index contributed by atoms with van der Waals surface area (Å²) in [5.74, 6) is 1.00. The van der Waals surface area contributed by atoms with Gasteiger partial charge in [-0.05, 0) is 24.8 Å². The molecule has 1 aromatic rings. The minimum atomic E-state index is 0.160. The Hall–Kier alpha value is -1.88. The first-order valence-corrected chi connectivity index (χ1v) is 10.8. The van der Waals surface area contributed by atoms with Crippen molar-refractivity contribution in [2.24, 2.45) is 5.92 Å². The van der Waals surface area contributed by atoms with Crippen LogP contribution < -0.4 is 0 Å². The summed E-state index contributed by atoms with van der Waals surface area (Å²) in [5, 5.41) is 0. The van der Waals surface area contributed by atoms with Crippen molar-refractivity contribution >= 4 is 11.8 Å². The van der Waals surface area contributed by atoms with Crippen LogP contribution in [0.2, 0.25) is 0 Å². The molecule has 0 saturated carbocycles. The highest BCUT2D eigenvalue weighted by Gasteiger charge is 2.49. The summed E-state index contributed by atoms with van der Waals surface area (Å²) in [4.78, 5) is 29.2. The van der Waals surface area contributed by atoms with Gasteiger partial charge in [0, 0.05) is 19.9 Å². The summed E-state index contributed by atoms with van der Waals surface area (Å²) in [6.45, 7) is 13.2. The fraction of sp³-hybridized carbons (Fsp3) is 0.652. The van der Waals surface area contributed by atoms with Crippen LogP contribution in [-0.4, -0.2) is 77.4 Å². The molecule has 0 aliphatic carbocycles. The van der Waals surface area contributed by atoms with E-state index in [0.29, 0.717) is 18.5 Å². The topological polar surface area (TPSA) is 40.6 Å². The molecule has 2 heterocycles. The van der Waals surface area contributed by atoms with Crippen molar-refractivity contribution in [2.45, 2.75) is 52.6 Å². The van der Waals surface area contributed by atoms with Crippen LogP contribution in [0.15, 0.2) is 30.3 Å². The normalized spacial score (nSPS) is 28.2. The number of piperazine rings is 2. The highest BCUT2D eigenvalue weighted by Crippen LogP contribution is 2.30. The van der Waals surface area contributed by atoms with Gasteiger partial charge in [0.2, 0.25) is 5.91 Å². The minimum absolute atomic E-state index is 0.160. The molecule has 1 aromatic carbocycles. The molecule has 5 nitrogen and oxygen atoms in total. The number of hydrogen-bond acceptors (Lipinski definition) is 2. The van der Waals surface area contributed by atoms with Crippen LogP contribution >= 0.6 is 0 Å². The second-order valence-corrected chi connectivity index (χ2v) is 9.20.